The van der Waals surface area contributed by atoms with Crippen molar-refractivity contribution < 1.29 is 26.3 Å². The van der Waals surface area contributed by atoms with Crippen molar-refractivity contribution in [3.63, 3.8) is 0 Å². The molecule has 176 valence electrons. The van der Waals surface area contributed by atoms with Crippen LogP contribution in [0.5, 0.6) is 11.5 Å². The highest BCUT2D eigenvalue weighted by Gasteiger charge is 2.27. The molecule has 8 nitrogen and oxygen atoms in total. The number of rotatable bonds is 7. The highest BCUT2D eigenvalue weighted by atomic mass is 32.2. The van der Waals surface area contributed by atoms with Crippen LogP contribution in [-0.2, 0) is 20.0 Å². The molecule has 0 bridgehead atoms. The summed E-state index contributed by atoms with van der Waals surface area (Å²) in [6.07, 6.45) is 2.61. The van der Waals surface area contributed by atoms with Gasteiger partial charge < -0.3 is 9.47 Å². The van der Waals surface area contributed by atoms with E-state index in [9.17, 15) is 16.8 Å². The number of nitrogens with zero attached hydrogens (tertiary/aromatic N) is 1. The average molecular weight is 491 g/mol. The Labute approximate surface area is 194 Å². The van der Waals surface area contributed by atoms with Crippen molar-refractivity contribution in [3.05, 3.63) is 54.6 Å². The summed E-state index contributed by atoms with van der Waals surface area (Å²) in [7, 11) is -4.78. The number of nitrogens with one attached hydrogen (secondary N) is 1. The van der Waals surface area contributed by atoms with Crippen molar-refractivity contribution in [1.29, 1.82) is 0 Å². The van der Waals surface area contributed by atoms with Gasteiger partial charge in [-0.05, 0) is 66.1 Å². The highest BCUT2D eigenvalue weighted by Crippen LogP contribution is 2.32. The Bertz CT molecular complexity index is 1380. The number of piperidine rings is 1. The van der Waals surface area contributed by atoms with Gasteiger partial charge in [0, 0.05) is 13.1 Å². The van der Waals surface area contributed by atoms with Crippen LogP contribution in [0.1, 0.15) is 19.3 Å². The van der Waals surface area contributed by atoms with Crippen molar-refractivity contribution in [2.45, 2.75) is 29.1 Å². The fourth-order valence-electron chi connectivity index (χ4n) is 3.88. The third-order valence-corrected chi connectivity index (χ3v) is 8.96. The van der Waals surface area contributed by atoms with Gasteiger partial charge in [-0.1, -0.05) is 18.6 Å². The van der Waals surface area contributed by atoms with Crippen molar-refractivity contribution in [2.24, 2.45) is 0 Å². The molecule has 33 heavy (non-hydrogen) atoms. The first-order valence-corrected chi connectivity index (χ1v) is 13.5. The molecule has 4 rings (SSSR count). The molecule has 1 aliphatic rings. The third kappa shape index (κ3) is 4.78. The normalized spacial score (nSPS) is 15.3. The first-order valence-electron chi connectivity index (χ1n) is 10.5. The van der Waals surface area contributed by atoms with Crippen LogP contribution in [-0.4, -0.2) is 48.4 Å². The summed E-state index contributed by atoms with van der Waals surface area (Å²) in [4.78, 5) is 0.0695. The number of ether oxygens (including phenoxy) is 2. The Morgan fingerprint density at radius 3 is 2.12 bits per heavy atom. The SMILES string of the molecule is COc1ccc2cc(S(=O)(=O)Nc3cc(S(=O)(=O)N4CCCCC4)ccc3OC)ccc2c1. The monoisotopic (exact) mass is 490 g/mol. The topological polar surface area (TPSA) is 102 Å². The second-order valence-corrected chi connectivity index (χ2v) is 11.4. The zero-order chi connectivity index (χ0) is 23.6. The molecule has 0 radical (unpaired) electrons. The molecule has 1 N–H and O–H groups in total. The lowest BCUT2D eigenvalue weighted by Gasteiger charge is -2.26. The molecule has 0 spiro atoms. The van der Waals surface area contributed by atoms with Gasteiger partial charge in [0.25, 0.3) is 10.0 Å². The minimum atomic E-state index is -4.01. The van der Waals surface area contributed by atoms with Gasteiger partial charge in [-0.3, -0.25) is 4.72 Å². The summed E-state index contributed by atoms with van der Waals surface area (Å²) in [5, 5.41) is 1.56. The molecule has 1 aliphatic heterocycles. The van der Waals surface area contributed by atoms with E-state index in [1.807, 2.05) is 6.07 Å². The Kier molecular flexibility index (Phi) is 6.51. The maximum atomic E-state index is 13.1. The van der Waals surface area contributed by atoms with Gasteiger partial charge in [0.1, 0.15) is 11.5 Å². The summed E-state index contributed by atoms with van der Waals surface area (Å²) >= 11 is 0. The third-order valence-electron chi connectivity index (χ3n) is 5.70. The van der Waals surface area contributed by atoms with Gasteiger partial charge in [-0.25, -0.2) is 16.8 Å². The molecule has 0 aromatic heterocycles. The summed E-state index contributed by atoms with van der Waals surface area (Å²) < 4.78 is 66.9. The number of methoxy groups -OCH3 is 2. The Hall–Kier alpha value is -2.82. The fourth-order valence-corrected chi connectivity index (χ4v) is 6.52. The Morgan fingerprint density at radius 2 is 1.42 bits per heavy atom. The van der Waals surface area contributed by atoms with E-state index < -0.39 is 20.0 Å². The van der Waals surface area contributed by atoms with Gasteiger partial charge in [0.15, 0.2) is 0 Å². The van der Waals surface area contributed by atoms with Gasteiger partial charge in [-0.2, -0.15) is 4.31 Å². The van der Waals surface area contributed by atoms with Crippen LogP contribution in [0, 0.1) is 0 Å². The maximum absolute atomic E-state index is 13.1. The summed E-state index contributed by atoms with van der Waals surface area (Å²) in [6.45, 7) is 0.911. The first kappa shape index (κ1) is 23.3. The molecule has 3 aromatic carbocycles. The Morgan fingerprint density at radius 1 is 0.758 bits per heavy atom. The predicted octanol–water partition coefficient (Wildman–Crippen LogP) is 3.83. The molecule has 0 saturated carbocycles. The van der Waals surface area contributed by atoms with E-state index in [0.717, 1.165) is 30.0 Å². The van der Waals surface area contributed by atoms with E-state index in [1.54, 1.807) is 31.4 Å². The lowest BCUT2D eigenvalue weighted by molar-refractivity contribution is 0.346. The Balaban J connectivity index is 1.68. The maximum Gasteiger partial charge on any atom is 0.262 e. The van der Waals surface area contributed by atoms with Crippen LogP contribution in [0.15, 0.2) is 64.4 Å². The van der Waals surface area contributed by atoms with Gasteiger partial charge in [0.05, 0.1) is 29.7 Å². The van der Waals surface area contributed by atoms with Crippen LogP contribution in [0.25, 0.3) is 10.8 Å². The number of anilines is 1. The highest BCUT2D eigenvalue weighted by molar-refractivity contribution is 7.92. The minimum absolute atomic E-state index is 0.0218. The van der Waals surface area contributed by atoms with E-state index in [-0.39, 0.29) is 21.2 Å². The minimum Gasteiger partial charge on any atom is -0.497 e. The number of fused-ring (bicyclic) bond motifs is 1. The molecule has 0 atom stereocenters. The van der Waals surface area contributed by atoms with Crippen molar-refractivity contribution >= 4 is 36.5 Å². The van der Waals surface area contributed by atoms with E-state index in [0.29, 0.717) is 18.8 Å². The lowest BCUT2D eigenvalue weighted by atomic mass is 10.1. The number of hydrogen-bond acceptors (Lipinski definition) is 6. The van der Waals surface area contributed by atoms with Crippen LogP contribution >= 0.6 is 0 Å². The molecule has 1 heterocycles. The van der Waals surface area contributed by atoms with Crippen molar-refractivity contribution in [1.82, 2.24) is 4.31 Å². The molecular weight excluding hydrogens is 464 g/mol. The van der Waals surface area contributed by atoms with Crippen molar-refractivity contribution in [3.8, 4) is 11.5 Å². The fraction of sp³-hybridized carbons (Fsp3) is 0.304. The molecule has 3 aromatic rings. The molecule has 0 aliphatic carbocycles. The van der Waals surface area contributed by atoms with E-state index >= 15 is 0 Å². The number of hydrogen-bond donors (Lipinski definition) is 1. The average Bonchev–Trinajstić information content (AvgIpc) is 2.83. The van der Waals surface area contributed by atoms with Crippen LogP contribution in [0.3, 0.4) is 0 Å². The van der Waals surface area contributed by atoms with E-state index in [2.05, 4.69) is 4.72 Å². The smallest absolute Gasteiger partial charge is 0.262 e. The van der Waals surface area contributed by atoms with Crippen LogP contribution in [0.2, 0.25) is 0 Å². The standard InChI is InChI=1S/C23H26N2O6S2/c1-30-19-8-6-18-15-20(9-7-17(18)14-19)32(26,27)24-22-16-21(10-11-23(22)31-2)33(28,29)25-12-4-3-5-13-25/h6-11,14-16,24H,3-5,12-13H2,1-2H3. The summed E-state index contributed by atoms with van der Waals surface area (Å²) in [5.41, 5.74) is 0.0606. The van der Waals surface area contributed by atoms with Crippen LogP contribution in [0.4, 0.5) is 5.69 Å². The molecule has 10 heteroatoms. The zero-order valence-electron chi connectivity index (χ0n) is 18.4. The van der Waals surface area contributed by atoms with Gasteiger partial charge in [0.2, 0.25) is 10.0 Å². The lowest BCUT2D eigenvalue weighted by Crippen LogP contribution is -2.35. The van der Waals surface area contributed by atoms with E-state index in [1.165, 1.54) is 35.7 Å². The number of benzene rings is 3. The largest absolute Gasteiger partial charge is 0.497 e. The molecule has 1 saturated heterocycles. The predicted molar refractivity (Wildman–Crippen MR) is 127 cm³/mol. The second-order valence-electron chi connectivity index (χ2n) is 7.81. The quantitative estimate of drug-likeness (QED) is 0.540. The number of sulfonamides is 2. The van der Waals surface area contributed by atoms with Crippen LogP contribution < -0.4 is 14.2 Å². The summed E-state index contributed by atoms with van der Waals surface area (Å²) in [5.74, 6) is 0.898. The van der Waals surface area contributed by atoms with Gasteiger partial charge >= 0.3 is 0 Å². The second kappa shape index (κ2) is 9.20. The van der Waals surface area contributed by atoms with E-state index in [4.69, 9.17) is 9.47 Å². The van der Waals surface area contributed by atoms with Crippen molar-refractivity contribution in [2.75, 3.05) is 32.0 Å². The molecular formula is C23H26N2O6S2. The first-order chi connectivity index (χ1) is 15.7. The molecule has 1 fully saturated rings. The zero-order valence-corrected chi connectivity index (χ0v) is 20.1. The summed E-state index contributed by atoms with van der Waals surface area (Å²) in [6, 6.07) is 14.3. The molecule has 0 unspecified atom stereocenters. The molecule has 0 amide bonds. The van der Waals surface area contributed by atoms with Gasteiger partial charge in [-0.15, -0.1) is 0 Å².